The maximum atomic E-state index is 12.6. The molecule has 0 aliphatic heterocycles. The molecule has 0 radical (unpaired) electrons. The number of nitrogens with zero attached hydrogens (tertiary/aromatic N) is 2. The smallest absolute Gasteiger partial charge is 0.293 e. The summed E-state index contributed by atoms with van der Waals surface area (Å²) < 4.78 is 30.4. The van der Waals surface area contributed by atoms with Crippen molar-refractivity contribution in [3.8, 4) is 17.6 Å². The molecule has 39 heavy (non-hydrogen) atoms. The molecule has 0 spiro atoms. The lowest BCUT2D eigenvalue weighted by Gasteiger charge is -2.17. The van der Waals surface area contributed by atoms with Gasteiger partial charge in [0, 0.05) is 31.3 Å². The van der Waals surface area contributed by atoms with Gasteiger partial charge in [0.15, 0.2) is 0 Å². The number of likely N-dealkylation sites (N-methyl/N-ethyl adjacent to an activating group) is 1. The second kappa shape index (κ2) is 14.8. The number of hydrogen-bond acceptors (Lipinski definition) is 6. The molecule has 1 atom stereocenters. The fourth-order valence-electron chi connectivity index (χ4n) is 3.81. The average molecular weight is 539 g/mol. The second-order valence-corrected chi connectivity index (χ2v) is 9.05. The molecular weight excluding hydrogens is 506 g/mol. The fraction of sp³-hybridized carbons (Fsp3) is 0.345. The van der Waals surface area contributed by atoms with Crippen LogP contribution in [0.3, 0.4) is 0 Å². The van der Waals surface area contributed by atoms with E-state index in [0.717, 1.165) is 37.0 Å². The highest BCUT2D eigenvalue weighted by molar-refractivity contribution is 5.84. The molecule has 10 heteroatoms. The summed E-state index contributed by atoms with van der Waals surface area (Å²) in [4.78, 5) is 32.8. The van der Waals surface area contributed by atoms with Gasteiger partial charge in [0.1, 0.15) is 5.69 Å². The van der Waals surface area contributed by atoms with E-state index in [0.29, 0.717) is 12.2 Å². The normalized spacial score (nSPS) is 11.7. The minimum atomic E-state index is -2.74. The molecule has 0 aliphatic rings. The van der Waals surface area contributed by atoms with Crippen molar-refractivity contribution < 1.29 is 23.4 Å². The monoisotopic (exact) mass is 538 g/mol. The first kappa shape index (κ1) is 29.5. The van der Waals surface area contributed by atoms with Crippen LogP contribution < -0.4 is 10.9 Å². The molecule has 3 aromatic rings. The molecule has 2 aromatic carbocycles. The first-order valence-corrected chi connectivity index (χ1v) is 12.5. The Kier molecular flexibility index (Phi) is 11.2. The molecule has 0 aliphatic carbocycles. The first-order valence-electron chi connectivity index (χ1n) is 12.5. The summed E-state index contributed by atoms with van der Waals surface area (Å²) >= 11 is 0. The number of aromatic amines is 1. The maximum absolute atomic E-state index is 12.6. The lowest BCUT2D eigenvalue weighted by atomic mass is 9.94. The Morgan fingerprint density at radius 1 is 1.08 bits per heavy atom. The number of benzene rings is 2. The molecule has 0 bridgehead atoms. The molecule has 1 heterocycles. The van der Waals surface area contributed by atoms with Gasteiger partial charge in [-0.25, -0.2) is 13.8 Å². The van der Waals surface area contributed by atoms with E-state index >= 15 is 0 Å². The van der Waals surface area contributed by atoms with Crippen molar-refractivity contribution in [3.05, 3.63) is 93.2 Å². The van der Waals surface area contributed by atoms with Crippen molar-refractivity contribution in [1.82, 2.24) is 20.2 Å². The third kappa shape index (κ3) is 9.32. The van der Waals surface area contributed by atoms with Crippen LogP contribution in [0.5, 0.6) is 5.75 Å². The van der Waals surface area contributed by atoms with E-state index in [9.17, 15) is 23.5 Å². The summed E-state index contributed by atoms with van der Waals surface area (Å²) in [5.41, 5.74) is 2.53. The second-order valence-electron chi connectivity index (χ2n) is 9.05. The van der Waals surface area contributed by atoms with E-state index in [1.54, 1.807) is 31.4 Å². The zero-order valence-electron chi connectivity index (χ0n) is 21.9. The fourth-order valence-corrected chi connectivity index (χ4v) is 3.81. The Labute approximate surface area is 226 Å². The number of ether oxygens (including phenoxy) is 1. The van der Waals surface area contributed by atoms with Crippen molar-refractivity contribution in [2.24, 2.45) is 0 Å². The van der Waals surface area contributed by atoms with Crippen molar-refractivity contribution in [2.45, 2.75) is 25.2 Å². The number of amides is 1. The molecule has 3 N–H and O–H groups in total. The molecule has 0 saturated heterocycles. The summed E-state index contributed by atoms with van der Waals surface area (Å²) in [7, 11) is 3.76. The van der Waals surface area contributed by atoms with Gasteiger partial charge in [0.05, 0.1) is 25.4 Å². The molecular formula is C29H32F2N4O4. The summed E-state index contributed by atoms with van der Waals surface area (Å²) in [6, 6.07) is 15.2. The molecule has 8 nitrogen and oxygen atoms in total. The summed E-state index contributed by atoms with van der Waals surface area (Å²) in [5, 5.41) is 12.3. The summed E-state index contributed by atoms with van der Waals surface area (Å²) in [6.45, 7) is 1.68. The van der Waals surface area contributed by atoms with Gasteiger partial charge in [-0.2, -0.15) is 0 Å². The van der Waals surface area contributed by atoms with Crippen molar-refractivity contribution >= 4 is 5.91 Å². The lowest BCUT2D eigenvalue weighted by molar-refractivity contribution is -0.123. The highest BCUT2D eigenvalue weighted by atomic mass is 19.3. The van der Waals surface area contributed by atoms with Gasteiger partial charge in [0.2, 0.25) is 11.7 Å². The van der Waals surface area contributed by atoms with Crippen molar-refractivity contribution in [3.63, 3.8) is 0 Å². The third-order valence-corrected chi connectivity index (χ3v) is 6.09. The van der Waals surface area contributed by atoms with Crippen LogP contribution in [0.2, 0.25) is 0 Å². The van der Waals surface area contributed by atoms with Gasteiger partial charge in [-0.3, -0.25) is 9.59 Å². The van der Waals surface area contributed by atoms with Crippen LogP contribution in [0.25, 0.3) is 0 Å². The quantitative estimate of drug-likeness (QED) is 0.306. The summed E-state index contributed by atoms with van der Waals surface area (Å²) in [5.74, 6) is 3.61. The van der Waals surface area contributed by atoms with Crippen LogP contribution in [-0.4, -0.2) is 72.7 Å². The van der Waals surface area contributed by atoms with Gasteiger partial charge in [-0.1, -0.05) is 36.1 Å². The highest BCUT2D eigenvalue weighted by Crippen LogP contribution is 2.24. The van der Waals surface area contributed by atoms with Crippen LogP contribution in [0.1, 0.15) is 33.9 Å². The zero-order valence-corrected chi connectivity index (χ0v) is 21.9. The van der Waals surface area contributed by atoms with Crippen LogP contribution in [-0.2, 0) is 22.4 Å². The van der Waals surface area contributed by atoms with E-state index in [4.69, 9.17) is 4.74 Å². The predicted octanol–water partition coefficient (Wildman–Crippen LogP) is 2.70. The number of halogens is 2. The van der Waals surface area contributed by atoms with Crippen molar-refractivity contribution in [1.29, 1.82) is 0 Å². The SMILES string of the molecule is COCCN(C)CCc1ccc(C#Cc2ccc(CC(C(=O)NCC(F)F)c3nc[nH]c(=O)c3O)cc2)cc1. The largest absolute Gasteiger partial charge is 0.502 e. The Morgan fingerprint density at radius 3 is 2.28 bits per heavy atom. The Hall–Kier alpha value is -4.07. The predicted molar refractivity (Wildman–Crippen MR) is 144 cm³/mol. The maximum Gasteiger partial charge on any atom is 0.293 e. The first-order chi connectivity index (χ1) is 18.8. The third-order valence-electron chi connectivity index (χ3n) is 6.09. The van der Waals surface area contributed by atoms with Crippen LogP contribution in [0.15, 0.2) is 59.7 Å². The van der Waals surface area contributed by atoms with Crippen molar-refractivity contribution in [2.75, 3.05) is 40.4 Å². The number of rotatable bonds is 12. The van der Waals surface area contributed by atoms with Crippen LogP contribution >= 0.6 is 0 Å². The average Bonchev–Trinajstić information content (AvgIpc) is 2.94. The van der Waals surface area contributed by atoms with E-state index < -0.39 is 36.1 Å². The number of carbonyl (C=O) groups excluding carboxylic acids is 1. The summed E-state index contributed by atoms with van der Waals surface area (Å²) in [6.07, 6.45) is -0.717. The number of H-pyrrole nitrogens is 1. The molecule has 206 valence electrons. The van der Waals surface area contributed by atoms with Crippen LogP contribution in [0.4, 0.5) is 8.78 Å². The van der Waals surface area contributed by atoms with E-state index in [2.05, 4.69) is 51.2 Å². The molecule has 0 fully saturated rings. The number of carbonyl (C=O) groups is 1. The van der Waals surface area contributed by atoms with Gasteiger partial charge >= 0.3 is 0 Å². The minimum Gasteiger partial charge on any atom is -0.502 e. The number of aromatic hydroxyl groups is 1. The minimum absolute atomic E-state index is 0.0366. The van der Waals surface area contributed by atoms with Gasteiger partial charge in [-0.05, 0) is 55.3 Å². The highest BCUT2D eigenvalue weighted by Gasteiger charge is 2.27. The van der Waals surface area contributed by atoms with Crippen LogP contribution in [0, 0.1) is 11.8 Å². The Bertz CT molecular complexity index is 1330. The number of alkyl halides is 2. The van der Waals surface area contributed by atoms with Gasteiger partial charge < -0.3 is 25.0 Å². The van der Waals surface area contributed by atoms with Gasteiger partial charge in [0.25, 0.3) is 12.0 Å². The molecule has 1 amide bonds. The van der Waals surface area contributed by atoms with E-state index in [1.807, 2.05) is 12.1 Å². The Morgan fingerprint density at radius 2 is 1.69 bits per heavy atom. The zero-order chi connectivity index (χ0) is 28.2. The molecule has 1 aromatic heterocycles. The number of nitrogens with one attached hydrogen (secondary N) is 2. The lowest BCUT2D eigenvalue weighted by Crippen LogP contribution is -2.34. The molecule has 1 unspecified atom stereocenters. The Balaban J connectivity index is 1.66. The number of aromatic nitrogens is 2. The number of methoxy groups -OCH3 is 1. The standard InChI is InChI=1S/C29H32F2N4O4/c1-35(15-16-39-2)14-13-22-7-5-20(6-8-22)3-4-21-9-11-23(12-10-21)17-24(28(37)32-18-25(30)31)26-27(36)29(38)34-19-33-26/h5-12,19,24-25,36H,13-18H2,1-2H3,(H,32,37)(H,33,34,38). The van der Waals surface area contributed by atoms with E-state index in [-0.39, 0.29) is 12.1 Å². The molecule has 3 rings (SSSR count). The van der Waals surface area contributed by atoms with E-state index in [1.165, 1.54) is 5.56 Å². The molecule has 0 saturated carbocycles. The topological polar surface area (TPSA) is 108 Å². The number of hydrogen-bond donors (Lipinski definition) is 3. The van der Waals surface area contributed by atoms with Gasteiger partial charge in [-0.15, -0.1) is 0 Å².